The van der Waals surface area contributed by atoms with Crippen molar-refractivity contribution in [2.75, 3.05) is 14.2 Å². The van der Waals surface area contributed by atoms with Crippen molar-refractivity contribution in [2.24, 2.45) is 5.92 Å². The Balaban J connectivity index is 2.47. The van der Waals surface area contributed by atoms with E-state index in [1.807, 2.05) is 0 Å². The number of aromatic hydroxyl groups is 1. The number of phenolic OH excluding ortho intramolecular Hbond substituents is 1. The lowest BCUT2D eigenvalue weighted by Gasteiger charge is -2.34. The fourth-order valence-electron chi connectivity index (χ4n) is 3.04. The lowest BCUT2D eigenvalue weighted by molar-refractivity contribution is -0.177. The van der Waals surface area contributed by atoms with Crippen molar-refractivity contribution in [1.29, 1.82) is 0 Å². The number of ether oxygens (including phenoxy) is 2. The van der Waals surface area contributed by atoms with Crippen LogP contribution in [-0.2, 0) is 24.7 Å². The molecule has 1 aliphatic carbocycles. The number of hydrogen-bond acceptors (Lipinski definition) is 8. The smallest absolute Gasteiger partial charge is 0.342 e. The molecule has 136 valence electrons. The Morgan fingerprint density at radius 2 is 1.96 bits per heavy atom. The van der Waals surface area contributed by atoms with Gasteiger partial charge in [0.2, 0.25) is 5.60 Å². The summed E-state index contributed by atoms with van der Waals surface area (Å²) in [5.41, 5.74) is -4.48. The summed E-state index contributed by atoms with van der Waals surface area (Å²) in [7, 11) is 2.18. The van der Waals surface area contributed by atoms with Gasteiger partial charge >= 0.3 is 11.9 Å². The van der Waals surface area contributed by atoms with Crippen LogP contribution in [0.4, 0.5) is 0 Å². The van der Waals surface area contributed by atoms with Crippen LogP contribution in [0.25, 0.3) is 17.0 Å². The highest BCUT2D eigenvalue weighted by Crippen LogP contribution is 2.42. The summed E-state index contributed by atoms with van der Waals surface area (Å²) in [4.78, 5) is 37.0. The van der Waals surface area contributed by atoms with Crippen LogP contribution in [0.3, 0.4) is 0 Å². The monoisotopic (exact) mass is 362 g/mol. The summed E-state index contributed by atoms with van der Waals surface area (Å²) in [6.45, 7) is 0. The number of aliphatic hydroxyl groups is 1. The second-order valence-electron chi connectivity index (χ2n) is 5.63. The van der Waals surface area contributed by atoms with Gasteiger partial charge in [-0.2, -0.15) is 0 Å². The van der Waals surface area contributed by atoms with Crippen molar-refractivity contribution >= 4 is 29.0 Å². The van der Waals surface area contributed by atoms with Crippen LogP contribution in [-0.4, -0.2) is 41.5 Å². The largest absolute Gasteiger partial charge is 0.508 e. The molecule has 2 aromatic rings. The van der Waals surface area contributed by atoms with Crippen LogP contribution in [0, 0.1) is 5.92 Å². The highest BCUT2D eigenvalue weighted by molar-refractivity contribution is 5.94. The van der Waals surface area contributed by atoms with E-state index >= 15 is 0 Å². The van der Waals surface area contributed by atoms with E-state index in [0.29, 0.717) is 0 Å². The molecule has 0 bridgehead atoms. The Hall–Kier alpha value is -3.33. The first kappa shape index (κ1) is 17.5. The predicted molar refractivity (Wildman–Crippen MR) is 86.2 cm³/mol. The zero-order valence-corrected chi connectivity index (χ0v) is 13.7. The second-order valence-corrected chi connectivity index (χ2v) is 5.63. The summed E-state index contributed by atoms with van der Waals surface area (Å²) in [5.74, 6) is -5.55. The first-order valence-electron chi connectivity index (χ1n) is 7.35. The van der Waals surface area contributed by atoms with Crippen molar-refractivity contribution in [2.45, 2.75) is 5.60 Å². The normalized spacial score (nSPS) is 21.7. The number of carbonyl (C=O) groups excluding carboxylic acids is 1. The van der Waals surface area contributed by atoms with Gasteiger partial charge in [-0.25, -0.2) is 4.79 Å². The molecule has 0 aliphatic heterocycles. The van der Waals surface area contributed by atoms with Crippen LogP contribution in [0.5, 0.6) is 5.75 Å². The molecule has 3 rings (SSSR count). The number of esters is 1. The average Bonchev–Trinajstić information content (AvgIpc) is 2.61. The molecular formula is C17H14O9. The molecule has 3 N–H and O–H groups in total. The lowest BCUT2D eigenvalue weighted by atomic mass is 9.75. The molecule has 1 aliphatic rings. The number of carbonyl (C=O) groups is 2. The highest BCUT2D eigenvalue weighted by Gasteiger charge is 2.58. The number of methoxy groups -OCH3 is 2. The SMILES string of the molecule is COC(=O)C1C(OC)=Cc2oc3ccc(O)cc3c(=O)c2C1(O)C(=O)O. The standard InChI is InChI=1S/C17H14O9/c1-24-10-6-11-12(17(23,16(21)22)13(10)15(20)25-2)14(19)8-5-7(18)3-4-9(8)26-11/h3-6,13,18,23H,1-2H3,(H,21,22). The van der Waals surface area contributed by atoms with Gasteiger partial charge in [0.15, 0.2) is 11.3 Å². The Morgan fingerprint density at radius 1 is 1.27 bits per heavy atom. The number of fused-ring (bicyclic) bond motifs is 2. The highest BCUT2D eigenvalue weighted by atomic mass is 16.5. The Labute approximate surface area is 145 Å². The summed E-state index contributed by atoms with van der Waals surface area (Å²) >= 11 is 0. The van der Waals surface area contributed by atoms with E-state index in [1.165, 1.54) is 19.2 Å². The molecule has 9 nitrogen and oxygen atoms in total. The van der Waals surface area contributed by atoms with Gasteiger partial charge in [0.25, 0.3) is 0 Å². The molecule has 1 heterocycles. The van der Waals surface area contributed by atoms with Gasteiger partial charge in [-0.3, -0.25) is 9.59 Å². The molecule has 0 fully saturated rings. The van der Waals surface area contributed by atoms with E-state index < -0.39 is 34.4 Å². The van der Waals surface area contributed by atoms with Gasteiger partial charge in [0.05, 0.1) is 25.2 Å². The molecule has 9 heteroatoms. The Morgan fingerprint density at radius 3 is 2.54 bits per heavy atom. The van der Waals surface area contributed by atoms with Crippen LogP contribution in [0.15, 0.2) is 33.2 Å². The van der Waals surface area contributed by atoms with E-state index in [1.54, 1.807) is 0 Å². The van der Waals surface area contributed by atoms with E-state index in [9.17, 15) is 29.7 Å². The first-order chi connectivity index (χ1) is 12.2. The van der Waals surface area contributed by atoms with E-state index in [4.69, 9.17) is 9.15 Å². The molecule has 1 aromatic heterocycles. The van der Waals surface area contributed by atoms with Gasteiger partial charge < -0.3 is 29.2 Å². The summed E-state index contributed by atoms with van der Waals surface area (Å²) in [6.07, 6.45) is 1.15. The maximum atomic E-state index is 12.9. The number of phenols is 1. The van der Waals surface area contributed by atoms with Crippen LogP contribution >= 0.6 is 0 Å². The fourth-order valence-corrected chi connectivity index (χ4v) is 3.04. The quantitative estimate of drug-likeness (QED) is 0.667. The third-order valence-electron chi connectivity index (χ3n) is 4.26. The number of carboxylic acids is 1. The third kappa shape index (κ3) is 2.25. The molecular weight excluding hydrogens is 348 g/mol. The molecule has 0 spiro atoms. The van der Waals surface area contributed by atoms with Crippen LogP contribution in [0.2, 0.25) is 0 Å². The van der Waals surface area contributed by atoms with Crippen molar-refractivity contribution in [3.8, 4) is 5.75 Å². The van der Waals surface area contributed by atoms with Crippen molar-refractivity contribution < 1.29 is 38.8 Å². The Kier molecular flexibility index (Phi) is 3.96. The molecule has 0 saturated carbocycles. The maximum Gasteiger partial charge on any atom is 0.342 e. The van der Waals surface area contributed by atoms with Gasteiger partial charge in [0.1, 0.15) is 22.9 Å². The minimum Gasteiger partial charge on any atom is -0.508 e. The zero-order chi connectivity index (χ0) is 19.2. The zero-order valence-electron chi connectivity index (χ0n) is 13.7. The first-order valence-corrected chi connectivity index (χ1v) is 7.35. The summed E-state index contributed by atoms with van der Waals surface area (Å²) < 4.78 is 15.1. The molecule has 0 radical (unpaired) electrons. The molecule has 2 unspecified atom stereocenters. The fraction of sp³-hybridized carbons (Fsp3) is 0.235. The minimum absolute atomic E-state index is 0.0579. The summed E-state index contributed by atoms with van der Waals surface area (Å²) in [5, 5.41) is 30.0. The second kappa shape index (κ2) is 5.88. The van der Waals surface area contributed by atoms with E-state index in [-0.39, 0.29) is 28.2 Å². The van der Waals surface area contributed by atoms with Crippen molar-refractivity contribution in [1.82, 2.24) is 0 Å². The number of benzene rings is 1. The van der Waals surface area contributed by atoms with Gasteiger partial charge in [-0.15, -0.1) is 0 Å². The van der Waals surface area contributed by atoms with Gasteiger partial charge in [0, 0.05) is 6.08 Å². The third-order valence-corrected chi connectivity index (χ3v) is 4.26. The van der Waals surface area contributed by atoms with Crippen LogP contribution in [0.1, 0.15) is 11.3 Å². The summed E-state index contributed by atoms with van der Waals surface area (Å²) in [6, 6.07) is 3.67. The number of rotatable bonds is 3. The lowest BCUT2D eigenvalue weighted by Crippen LogP contribution is -2.52. The maximum absolute atomic E-state index is 12.9. The molecule has 26 heavy (non-hydrogen) atoms. The molecule has 2 atom stereocenters. The topological polar surface area (TPSA) is 144 Å². The number of hydrogen-bond donors (Lipinski definition) is 3. The number of carboxylic acid groups (broad SMARTS) is 1. The number of aliphatic carboxylic acids is 1. The Bertz CT molecular complexity index is 1020. The minimum atomic E-state index is -2.98. The van der Waals surface area contributed by atoms with Crippen molar-refractivity contribution in [3.63, 3.8) is 0 Å². The molecule has 1 aromatic carbocycles. The van der Waals surface area contributed by atoms with Crippen LogP contribution < -0.4 is 5.43 Å². The van der Waals surface area contributed by atoms with Gasteiger partial charge in [-0.05, 0) is 18.2 Å². The van der Waals surface area contributed by atoms with E-state index in [2.05, 4.69) is 4.74 Å². The van der Waals surface area contributed by atoms with Crippen molar-refractivity contribution in [3.05, 3.63) is 45.5 Å². The predicted octanol–water partition coefficient (Wildman–Crippen LogP) is 0.561. The van der Waals surface area contributed by atoms with E-state index in [0.717, 1.165) is 19.3 Å². The van der Waals surface area contributed by atoms with Gasteiger partial charge in [-0.1, -0.05) is 0 Å². The molecule has 0 amide bonds. The average molecular weight is 362 g/mol. The molecule has 0 saturated heterocycles.